The van der Waals surface area contributed by atoms with Gasteiger partial charge in [-0.3, -0.25) is 4.99 Å². The van der Waals surface area contributed by atoms with Crippen molar-refractivity contribution in [3.8, 4) is 5.75 Å². The van der Waals surface area contributed by atoms with E-state index in [0.717, 1.165) is 37.5 Å². The summed E-state index contributed by atoms with van der Waals surface area (Å²) in [6.07, 6.45) is 4.19. The van der Waals surface area contributed by atoms with Crippen LogP contribution in [0, 0.1) is 5.41 Å². The van der Waals surface area contributed by atoms with Crippen LogP contribution in [0.1, 0.15) is 37.7 Å². The summed E-state index contributed by atoms with van der Waals surface area (Å²) in [5, 5.41) is 6.60. The van der Waals surface area contributed by atoms with Gasteiger partial charge in [0.25, 0.3) is 0 Å². The first-order valence-corrected chi connectivity index (χ1v) is 11.1. The van der Waals surface area contributed by atoms with Gasteiger partial charge in [0, 0.05) is 31.8 Å². The molecule has 1 saturated carbocycles. The van der Waals surface area contributed by atoms with E-state index in [-0.39, 0.29) is 35.1 Å². The SMILES string of the molecule is CN=C(NCCC(C)c1ccc(OC)cc1)NCC1(CS(C)(=O)=O)CC1.I. The third kappa shape index (κ3) is 8.25. The Hall–Kier alpha value is -1.03. The fourth-order valence-corrected chi connectivity index (χ4v) is 4.61. The predicted molar refractivity (Wildman–Crippen MR) is 122 cm³/mol. The largest absolute Gasteiger partial charge is 0.497 e. The number of nitrogens with zero attached hydrogens (tertiary/aromatic N) is 1. The van der Waals surface area contributed by atoms with Crippen LogP contribution in [0.3, 0.4) is 0 Å². The van der Waals surface area contributed by atoms with Crippen molar-refractivity contribution in [3.63, 3.8) is 0 Å². The number of nitrogens with one attached hydrogen (secondary N) is 2. The Morgan fingerprint density at radius 3 is 2.37 bits per heavy atom. The van der Waals surface area contributed by atoms with Gasteiger partial charge < -0.3 is 15.4 Å². The second kappa shape index (κ2) is 10.5. The van der Waals surface area contributed by atoms with Gasteiger partial charge in [-0.15, -0.1) is 24.0 Å². The van der Waals surface area contributed by atoms with Crippen LogP contribution in [0.25, 0.3) is 0 Å². The van der Waals surface area contributed by atoms with Crippen LogP contribution in [0.15, 0.2) is 29.3 Å². The lowest BCUT2D eigenvalue weighted by Gasteiger charge is -2.19. The molecule has 0 amide bonds. The molecule has 2 N–H and O–H groups in total. The molecule has 154 valence electrons. The molecule has 0 saturated heterocycles. The van der Waals surface area contributed by atoms with E-state index in [1.807, 2.05) is 12.1 Å². The van der Waals surface area contributed by atoms with Crippen LogP contribution in [-0.4, -0.2) is 53.6 Å². The molecule has 1 atom stereocenters. The van der Waals surface area contributed by atoms with Crippen LogP contribution in [0.5, 0.6) is 5.75 Å². The van der Waals surface area contributed by atoms with Gasteiger partial charge >= 0.3 is 0 Å². The van der Waals surface area contributed by atoms with Crippen LogP contribution < -0.4 is 15.4 Å². The Labute approximate surface area is 180 Å². The van der Waals surface area contributed by atoms with E-state index in [1.54, 1.807) is 14.2 Å². The molecule has 1 aliphatic carbocycles. The molecule has 1 aromatic carbocycles. The normalized spacial score (nSPS) is 16.8. The van der Waals surface area contributed by atoms with Crippen molar-refractivity contribution in [1.82, 2.24) is 10.6 Å². The lowest BCUT2D eigenvalue weighted by atomic mass is 9.98. The van der Waals surface area contributed by atoms with Crippen LogP contribution in [0.2, 0.25) is 0 Å². The Morgan fingerprint density at radius 2 is 1.89 bits per heavy atom. The molecule has 2 rings (SSSR count). The van der Waals surface area contributed by atoms with Crippen molar-refractivity contribution in [2.75, 3.05) is 39.3 Å². The maximum atomic E-state index is 11.5. The van der Waals surface area contributed by atoms with Crippen molar-refractivity contribution in [2.45, 2.75) is 32.1 Å². The molecular formula is C19H32IN3O3S. The minimum Gasteiger partial charge on any atom is -0.497 e. The summed E-state index contributed by atoms with van der Waals surface area (Å²) in [5.41, 5.74) is 1.17. The van der Waals surface area contributed by atoms with Gasteiger partial charge in [0.15, 0.2) is 5.96 Å². The number of aliphatic imine (C=N–C) groups is 1. The predicted octanol–water partition coefficient (Wildman–Crippen LogP) is 2.80. The van der Waals surface area contributed by atoms with Crippen LogP contribution in [0.4, 0.5) is 0 Å². The lowest BCUT2D eigenvalue weighted by Crippen LogP contribution is -2.42. The van der Waals surface area contributed by atoms with Gasteiger partial charge in [0.1, 0.15) is 15.6 Å². The molecular weight excluding hydrogens is 477 g/mol. The zero-order chi connectivity index (χ0) is 19.2. The first-order valence-electron chi connectivity index (χ1n) is 9.03. The van der Waals surface area contributed by atoms with Gasteiger partial charge in [0.2, 0.25) is 0 Å². The monoisotopic (exact) mass is 509 g/mol. The lowest BCUT2D eigenvalue weighted by molar-refractivity contribution is 0.414. The smallest absolute Gasteiger partial charge is 0.190 e. The summed E-state index contributed by atoms with van der Waals surface area (Å²) in [5.74, 6) is 2.27. The van der Waals surface area contributed by atoms with E-state index in [9.17, 15) is 8.42 Å². The number of hydrogen-bond acceptors (Lipinski definition) is 4. The van der Waals surface area contributed by atoms with Crippen LogP contribution >= 0.6 is 24.0 Å². The molecule has 0 spiro atoms. The molecule has 0 aromatic heterocycles. The van der Waals surface area contributed by atoms with Gasteiger partial charge in [-0.25, -0.2) is 8.42 Å². The number of benzene rings is 1. The average Bonchev–Trinajstić information content (AvgIpc) is 3.35. The van der Waals surface area contributed by atoms with Crippen molar-refractivity contribution in [1.29, 1.82) is 0 Å². The molecule has 8 heteroatoms. The number of hydrogen-bond donors (Lipinski definition) is 2. The number of ether oxygens (including phenoxy) is 1. The zero-order valence-electron chi connectivity index (χ0n) is 16.6. The minimum absolute atomic E-state index is 0. The van der Waals surface area contributed by atoms with Crippen LogP contribution in [-0.2, 0) is 9.84 Å². The molecule has 0 radical (unpaired) electrons. The number of methoxy groups -OCH3 is 1. The van der Waals surface area contributed by atoms with Crippen molar-refractivity contribution < 1.29 is 13.2 Å². The Balaban J connectivity index is 0.00000364. The highest BCUT2D eigenvalue weighted by atomic mass is 127. The van der Waals surface area contributed by atoms with E-state index < -0.39 is 9.84 Å². The topological polar surface area (TPSA) is 79.8 Å². The van der Waals surface area contributed by atoms with Gasteiger partial charge in [-0.05, 0) is 42.9 Å². The van der Waals surface area contributed by atoms with E-state index in [0.29, 0.717) is 12.5 Å². The molecule has 0 aliphatic heterocycles. The summed E-state index contributed by atoms with van der Waals surface area (Å²) in [7, 11) is 0.457. The van der Waals surface area contributed by atoms with E-state index >= 15 is 0 Å². The maximum Gasteiger partial charge on any atom is 0.190 e. The molecule has 0 bridgehead atoms. The molecule has 6 nitrogen and oxygen atoms in total. The molecule has 1 aromatic rings. The summed E-state index contributed by atoms with van der Waals surface area (Å²) in [4.78, 5) is 4.24. The molecule has 1 aliphatic rings. The minimum atomic E-state index is -2.95. The molecule has 0 heterocycles. The highest BCUT2D eigenvalue weighted by molar-refractivity contribution is 14.0. The van der Waals surface area contributed by atoms with Crippen molar-refractivity contribution in [3.05, 3.63) is 29.8 Å². The fourth-order valence-electron chi connectivity index (χ4n) is 3.10. The number of sulfone groups is 1. The zero-order valence-corrected chi connectivity index (χ0v) is 19.8. The Morgan fingerprint density at radius 1 is 1.26 bits per heavy atom. The standard InChI is InChI=1S/C19H31N3O3S.HI/c1-15(16-5-7-17(25-3)8-6-16)9-12-21-18(20-2)22-13-19(10-11-19)14-26(4,23)24;/h5-8,15H,9-14H2,1-4H3,(H2,20,21,22);1H. The first kappa shape index (κ1) is 24.0. The van der Waals surface area contributed by atoms with E-state index in [4.69, 9.17) is 4.74 Å². The molecule has 1 unspecified atom stereocenters. The Kier molecular flexibility index (Phi) is 9.33. The van der Waals surface area contributed by atoms with Gasteiger partial charge in [-0.2, -0.15) is 0 Å². The summed E-state index contributed by atoms with van der Waals surface area (Å²) in [6, 6.07) is 8.16. The quantitative estimate of drug-likeness (QED) is 0.304. The number of rotatable bonds is 9. The number of halogens is 1. The highest BCUT2D eigenvalue weighted by Gasteiger charge is 2.45. The fraction of sp³-hybridized carbons (Fsp3) is 0.632. The second-order valence-electron chi connectivity index (χ2n) is 7.39. The van der Waals surface area contributed by atoms with Gasteiger partial charge in [-0.1, -0.05) is 19.1 Å². The average molecular weight is 509 g/mol. The Bertz CT molecular complexity index is 716. The summed E-state index contributed by atoms with van der Waals surface area (Å²) >= 11 is 0. The summed E-state index contributed by atoms with van der Waals surface area (Å²) in [6.45, 7) is 3.64. The third-order valence-electron chi connectivity index (χ3n) is 4.93. The van der Waals surface area contributed by atoms with E-state index in [1.165, 1.54) is 11.8 Å². The van der Waals surface area contributed by atoms with E-state index in [2.05, 4.69) is 34.7 Å². The number of guanidine groups is 1. The maximum absolute atomic E-state index is 11.5. The van der Waals surface area contributed by atoms with Crippen molar-refractivity contribution >= 4 is 39.8 Å². The third-order valence-corrected chi connectivity index (χ3v) is 6.07. The summed E-state index contributed by atoms with van der Waals surface area (Å²) < 4.78 is 28.3. The van der Waals surface area contributed by atoms with Gasteiger partial charge in [0.05, 0.1) is 12.9 Å². The molecule has 1 fully saturated rings. The molecule has 27 heavy (non-hydrogen) atoms. The highest BCUT2D eigenvalue weighted by Crippen LogP contribution is 2.45. The first-order chi connectivity index (χ1) is 12.3. The second-order valence-corrected chi connectivity index (χ2v) is 9.53. The van der Waals surface area contributed by atoms with Crippen molar-refractivity contribution in [2.24, 2.45) is 10.4 Å².